The molecule has 0 aliphatic rings. The zero-order chi connectivity index (χ0) is 15.9. The summed E-state index contributed by atoms with van der Waals surface area (Å²) in [6.45, 7) is 3.06. The molecule has 0 aromatic heterocycles. The molecule has 0 saturated heterocycles. The Hall–Kier alpha value is -2.62. The second kappa shape index (κ2) is 7.41. The molecule has 2 rings (SSSR count). The van der Waals surface area contributed by atoms with Crippen molar-refractivity contribution in [2.24, 2.45) is 0 Å². The molecule has 2 aromatic carbocycles. The van der Waals surface area contributed by atoms with Crippen molar-refractivity contribution in [3.63, 3.8) is 0 Å². The Labute approximate surface area is 130 Å². The lowest BCUT2D eigenvalue weighted by atomic mass is 10.0. The molecule has 0 heterocycles. The monoisotopic (exact) mass is 296 g/mol. The fourth-order valence-corrected chi connectivity index (χ4v) is 2.22. The maximum atomic E-state index is 12.1. The summed E-state index contributed by atoms with van der Waals surface area (Å²) in [5.41, 5.74) is 2.99. The van der Waals surface area contributed by atoms with Crippen LogP contribution in [0.25, 0.3) is 0 Å². The molecule has 0 spiro atoms. The van der Waals surface area contributed by atoms with E-state index in [0.717, 1.165) is 17.7 Å². The first kappa shape index (κ1) is 15.8. The first-order chi connectivity index (χ1) is 10.6. The third-order valence-electron chi connectivity index (χ3n) is 3.33. The van der Waals surface area contributed by atoms with Gasteiger partial charge in [0.2, 0.25) is 11.8 Å². The Morgan fingerprint density at radius 1 is 1.00 bits per heavy atom. The molecule has 0 saturated carbocycles. The van der Waals surface area contributed by atoms with Crippen molar-refractivity contribution in [3.05, 3.63) is 65.7 Å². The molecular weight excluding hydrogens is 276 g/mol. The molecule has 0 bridgehead atoms. The van der Waals surface area contributed by atoms with Crippen molar-refractivity contribution >= 4 is 17.5 Å². The van der Waals surface area contributed by atoms with Crippen molar-refractivity contribution in [3.8, 4) is 0 Å². The summed E-state index contributed by atoms with van der Waals surface area (Å²) in [5, 5.41) is 5.46. The zero-order valence-corrected chi connectivity index (χ0v) is 12.8. The lowest BCUT2D eigenvalue weighted by molar-refractivity contribution is -0.124. The van der Waals surface area contributed by atoms with Gasteiger partial charge < -0.3 is 10.6 Å². The van der Waals surface area contributed by atoms with E-state index >= 15 is 0 Å². The fourth-order valence-electron chi connectivity index (χ4n) is 2.22. The van der Waals surface area contributed by atoms with Gasteiger partial charge in [0, 0.05) is 12.6 Å². The smallest absolute Gasteiger partial charge is 0.246 e. The van der Waals surface area contributed by atoms with E-state index in [0.29, 0.717) is 0 Å². The van der Waals surface area contributed by atoms with Crippen LogP contribution in [0.2, 0.25) is 0 Å². The summed E-state index contributed by atoms with van der Waals surface area (Å²) in [6.07, 6.45) is 0.742. The summed E-state index contributed by atoms with van der Waals surface area (Å²) in [5.74, 6) is -0.448. The highest BCUT2D eigenvalue weighted by Gasteiger charge is 2.15. The van der Waals surface area contributed by atoms with Gasteiger partial charge >= 0.3 is 0 Å². The number of rotatable bonds is 5. The van der Waals surface area contributed by atoms with Crippen molar-refractivity contribution in [2.45, 2.75) is 26.3 Å². The molecule has 2 amide bonds. The second-order valence-corrected chi connectivity index (χ2v) is 5.23. The van der Waals surface area contributed by atoms with Crippen LogP contribution in [-0.4, -0.2) is 17.9 Å². The quantitative estimate of drug-likeness (QED) is 0.891. The van der Waals surface area contributed by atoms with E-state index in [1.54, 1.807) is 6.92 Å². The van der Waals surface area contributed by atoms with Crippen LogP contribution in [0.3, 0.4) is 0 Å². The highest BCUT2D eigenvalue weighted by molar-refractivity contribution is 5.97. The zero-order valence-electron chi connectivity index (χ0n) is 12.8. The van der Waals surface area contributed by atoms with Crippen LogP contribution < -0.4 is 10.6 Å². The van der Waals surface area contributed by atoms with Gasteiger partial charge in [0.1, 0.15) is 6.04 Å². The van der Waals surface area contributed by atoms with E-state index in [-0.39, 0.29) is 11.8 Å². The Morgan fingerprint density at radius 3 is 2.32 bits per heavy atom. The summed E-state index contributed by atoms with van der Waals surface area (Å²) in [4.78, 5) is 23.2. The maximum absolute atomic E-state index is 12.1. The molecule has 0 aliphatic heterocycles. The number of nitrogens with one attached hydrogen (secondary N) is 2. The Kier molecular flexibility index (Phi) is 5.31. The van der Waals surface area contributed by atoms with Crippen LogP contribution in [0.5, 0.6) is 0 Å². The van der Waals surface area contributed by atoms with Crippen LogP contribution in [-0.2, 0) is 16.0 Å². The number of hydrogen-bond acceptors (Lipinski definition) is 2. The predicted molar refractivity (Wildman–Crippen MR) is 87.6 cm³/mol. The van der Waals surface area contributed by atoms with E-state index < -0.39 is 6.04 Å². The van der Waals surface area contributed by atoms with Crippen molar-refractivity contribution in [2.75, 3.05) is 5.32 Å². The number of carbonyl (C=O) groups excluding carboxylic acids is 2. The maximum Gasteiger partial charge on any atom is 0.246 e. The summed E-state index contributed by atoms with van der Waals surface area (Å²) in [6, 6.07) is 17.2. The summed E-state index contributed by atoms with van der Waals surface area (Å²) < 4.78 is 0. The highest BCUT2D eigenvalue weighted by Crippen LogP contribution is 2.19. The van der Waals surface area contributed by atoms with E-state index in [1.165, 1.54) is 12.5 Å². The molecule has 0 fully saturated rings. The summed E-state index contributed by atoms with van der Waals surface area (Å²) >= 11 is 0. The number of amides is 2. The van der Waals surface area contributed by atoms with Gasteiger partial charge in [-0.2, -0.15) is 0 Å². The molecule has 114 valence electrons. The van der Waals surface area contributed by atoms with E-state index in [1.807, 2.05) is 42.5 Å². The number of hydrogen-bond donors (Lipinski definition) is 2. The first-order valence-electron chi connectivity index (χ1n) is 7.26. The van der Waals surface area contributed by atoms with Crippen LogP contribution >= 0.6 is 0 Å². The third-order valence-corrected chi connectivity index (χ3v) is 3.33. The number of carbonyl (C=O) groups is 2. The standard InChI is InChI=1S/C18H20N2O2/c1-13(19-14(2)21)18(22)20-17-11-7-6-10-16(17)12-15-8-4-3-5-9-15/h3-11,13H,12H2,1-2H3,(H,19,21)(H,20,22). The Balaban J connectivity index is 2.11. The van der Waals surface area contributed by atoms with Crippen LogP contribution in [0, 0.1) is 0 Å². The third kappa shape index (κ3) is 4.45. The average Bonchev–Trinajstić information content (AvgIpc) is 2.49. The van der Waals surface area contributed by atoms with Crippen LogP contribution in [0.1, 0.15) is 25.0 Å². The Morgan fingerprint density at radius 2 is 1.64 bits per heavy atom. The lowest BCUT2D eigenvalue weighted by Crippen LogP contribution is -2.40. The van der Waals surface area contributed by atoms with Crippen LogP contribution in [0.15, 0.2) is 54.6 Å². The second-order valence-electron chi connectivity index (χ2n) is 5.23. The van der Waals surface area contributed by atoms with Crippen molar-refractivity contribution in [1.82, 2.24) is 5.32 Å². The largest absolute Gasteiger partial charge is 0.345 e. The number of benzene rings is 2. The molecule has 0 radical (unpaired) electrons. The molecule has 4 nitrogen and oxygen atoms in total. The minimum Gasteiger partial charge on any atom is -0.345 e. The van der Waals surface area contributed by atoms with Crippen molar-refractivity contribution < 1.29 is 9.59 Å². The van der Waals surface area contributed by atoms with Gasteiger partial charge in [0.05, 0.1) is 0 Å². The van der Waals surface area contributed by atoms with Gasteiger partial charge in [-0.15, -0.1) is 0 Å². The normalized spacial score (nSPS) is 11.5. The van der Waals surface area contributed by atoms with Gasteiger partial charge in [-0.25, -0.2) is 0 Å². The van der Waals surface area contributed by atoms with Gasteiger partial charge in [0.15, 0.2) is 0 Å². The van der Waals surface area contributed by atoms with Gasteiger partial charge in [-0.1, -0.05) is 48.5 Å². The molecule has 1 unspecified atom stereocenters. The van der Waals surface area contributed by atoms with Gasteiger partial charge in [-0.3, -0.25) is 9.59 Å². The number of anilines is 1. The van der Waals surface area contributed by atoms with E-state index in [9.17, 15) is 9.59 Å². The van der Waals surface area contributed by atoms with E-state index in [4.69, 9.17) is 0 Å². The van der Waals surface area contributed by atoms with Gasteiger partial charge in [0.25, 0.3) is 0 Å². The number of para-hydroxylation sites is 1. The van der Waals surface area contributed by atoms with Crippen molar-refractivity contribution in [1.29, 1.82) is 0 Å². The minimum absolute atomic E-state index is 0.222. The fraction of sp³-hybridized carbons (Fsp3) is 0.222. The molecule has 0 aliphatic carbocycles. The lowest BCUT2D eigenvalue weighted by Gasteiger charge is -2.15. The van der Waals surface area contributed by atoms with Gasteiger partial charge in [-0.05, 0) is 30.5 Å². The topological polar surface area (TPSA) is 58.2 Å². The predicted octanol–water partition coefficient (Wildman–Crippen LogP) is 2.74. The van der Waals surface area contributed by atoms with Crippen LogP contribution in [0.4, 0.5) is 5.69 Å². The molecular formula is C18H20N2O2. The Bertz CT molecular complexity index is 653. The molecule has 2 aromatic rings. The van der Waals surface area contributed by atoms with E-state index in [2.05, 4.69) is 22.8 Å². The average molecular weight is 296 g/mol. The first-order valence-corrected chi connectivity index (χ1v) is 7.26. The molecule has 1 atom stereocenters. The minimum atomic E-state index is -0.567. The molecule has 2 N–H and O–H groups in total. The highest BCUT2D eigenvalue weighted by atomic mass is 16.2. The summed E-state index contributed by atoms with van der Waals surface area (Å²) in [7, 11) is 0. The molecule has 4 heteroatoms. The SMILES string of the molecule is CC(=O)NC(C)C(=O)Nc1ccccc1Cc1ccccc1. The molecule has 22 heavy (non-hydrogen) atoms.